The van der Waals surface area contributed by atoms with Gasteiger partial charge in [0.15, 0.2) is 0 Å². The van der Waals surface area contributed by atoms with Crippen LogP contribution in [0.15, 0.2) is 30.6 Å². The lowest BCUT2D eigenvalue weighted by atomic mass is 10.2. The Balaban J connectivity index is 1.87. The molecule has 0 radical (unpaired) electrons. The molecule has 1 fully saturated rings. The molecule has 0 spiro atoms. The normalized spacial score (nSPS) is 19.8. The van der Waals surface area contributed by atoms with Crippen molar-refractivity contribution in [3.8, 4) is 0 Å². The van der Waals surface area contributed by atoms with Crippen LogP contribution in [0.25, 0.3) is 5.52 Å². The highest BCUT2D eigenvalue weighted by Crippen LogP contribution is 2.15. The minimum atomic E-state index is -0.0822. The maximum Gasteiger partial charge on any atom is 0.257 e. The third-order valence-corrected chi connectivity index (χ3v) is 3.60. The van der Waals surface area contributed by atoms with Gasteiger partial charge in [-0.2, -0.15) is 5.10 Å². The van der Waals surface area contributed by atoms with E-state index in [-0.39, 0.29) is 12.0 Å². The van der Waals surface area contributed by atoms with Crippen LogP contribution >= 0.6 is 11.6 Å². The summed E-state index contributed by atoms with van der Waals surface area (Å²) in [6, 6.07) is 5.67. The number of nitrogens with zero attached hydrogens (tertiary/aromatic N) is 3. The first-order valence-electron chi connectivity index (χ1n) is 6.19. The molecule has 1 unspecified atom stereocenters. The van der Waals surface area contributed by atoms with Crippen LogP contribution < -0.4 is 0 Å². The highest BCUT2D eigenvalue weighted by molar-refractivity contribution is 6.18. The van der Waals surface area contributed by atoms with Crippen molar-refractivity contribution in [2.45, 2.75) is 6.10 Å². The van der Waals surface area contributed by atoms with E-state index in [9.17, 15) is 4.79 Å². The van der Waals surface area contributed by atoms with Gasteiger partial charge in [0.1, 0.15) is 0 Å². The van der Waals surface area contributed by atoms with E-state index in [1.165, 1.54) is 0 Å². The standard InChI is InChI=1S/C13H14ClN3O2/c14-7-10-9-16(5-6-19-10)13(18)11-8-15-17-4-2-1-3-12(11)17/h1-4,8,10H,5-7,9H2. The molecular weight excluding hydrogens is 266 g/mol. The van der Waals surface area contributed by atoms with Gasteiger partial charge in [-0.25, -0.2) is 4.52 Å². The molecule has 19 heavy (non-hydrogen) atoms. The monoisotopic (exact) mass is 279 g/mol. The van der Waals surface area contributed by atoms with Crippen LogP contribution in [-0.4, -0.2) is 52.1 Å². The maximum atomic E-state index is 12.5. The average Bonchev–Trinajstić information content (AvgIpc) is 2.90. The third-order valence-electron chi connectivity index (χ3n) is 3.25. The molecule has 0 aromatic carbocycles. The summed E-state index contributed by atoms with van der Waals surface area (Å²) in [5.74, 6) is 0.387. The Bertz CT molecular complexity index is 598. The third kappa shape index (κ3) is 2.31. The van der Waals surface area contributed by atoms with Gasteiger partial charge >= 0.3 is 0 Å². The van der Waals surface area contributed by atoms with Crippen LogP contribution in [0.5, 0.6) is 0 Å². The van der Waals surface area contributed by atoms with Crippen molar-refractivity contribution in [2.75, 3.05) is 25.6 Å². The van der Waals surface area contributed by atoms with Gasteiger partial charge in [-0.1, -0.05) is 6.07 Å². The van der Waals surface area contributed by atoms with E-state index in [2.05, 4.69) is 5.10 Å². The van der Waals surface area contributed by atoms with Gasteiger partial charge in [0.05, 0.1) is 35.9 Å². The molecule has 1 saturated heterocycles. The van der Waals surface area contributed by atoms with Crippen LogP contribution in [0.3, 0.4) is 0 Å². The fourth-order valence-electron chi connectivity index (χ4n) is 2.27. The molecule has 0 N–H and O–H groups in total. The first-order chi connectivity index (χ1) is 9.29. The summed E-state index contributed by atoms with van der Waals surface area (Å²) in [6.45, 7) is 1.66. The first kappa shape index (κ1) is 12.4. The van der Waals surface area contributed by atoms with Crippen LogP contribution in [0.1, 0.15) is 10.4 Å². The number of morpholine rings is 1. The van der Waals surface area contributed by atoms with Gasteiger partial charge in [0, 0.05) is 19.3 Å². The second-order valence-electron chi connectivity index (χ2n) is 4.49. The molecule has 0 bridgehead atoms. The predicted molar refractivity (Wildman–Crippen MR) is 71.6 cm³/mol. The number of hydrogen-bond acceptors (Lipinski definition) is 3. The molecular formula is C13H14ClN3O2. The molecule has 6 heteroatoms. The number of rotatable bonds is 2. The van der Waals surface area contributed by atoms with Crippen molar-refractivity contribution >= 4 is 23.0 Å². The number of carbonyl (C=O) groups is 1. The van der Waals surface area contributed by atoms with Gasteiger partial charge < -0.3 is 9.64 Å². The zero-order valence-corrected chi connectivity index (χ0v) is 11.1. The Morgan fingerprint density at radius 1 is 1.53 bits per heavy atom. The summed E-state index contributed by atoms with van der Waals surface area (Å²) in [7, 11) is 0. The van der Waals surface area contributed by atoms with E-state index in [0.717, 1.165) is 5.52 Å². The van der Waals surface area contributed by atoms with Crippen molar-refractivity contribution in [3.63, 3.8) is 0 Å². The molecule has 1 aliphatic rings. The molecule has 3 rings (SSSR count). The molecule has 3 heterocycles. The summed E-state index contributed by atoms with van der Waals surface area (Å²) < 4.78 is 7.17. The summed E-state index contributed by atoms with van der Waals surface area (Å²) in [6.07, 6.45) is 3.36. The second kappa shape index (κ2) is 5.19. The van der Waals surface area contributed by atoms with Crippen LogP contribution in [0.2, 0.25) is 0 Å². The number of carbonyl (C=O) groups excluding carboxylic acids is 1. The lowest BCUT2D eigenvalue weighted by Gasteiger charge is -2.31. The molecule has 1 atom stereocenters. The summed E-state index contributed by atoms with van der Waals surface area (Å²) in [5, 5.41) is 4.19. The van der Waals surface area contributed by atoms with Crippen molar-refractivity contribution in [1.29, 1.82) is 0 Å². The van der Waals surface area contributed by atoms with Crippen molar-refractivity contribution in [3.05, 3.63) is 36.2 Å². The highest BCUT2D eigenvalue weighted by Gasteiger charge is 2.26. The van der Waals surface area contributed by atoms with Crippen LogP contribution in [0.4, 0.5) is 0 Å². The second-order valence-corrected chi connectivity index (χ2v) is 4.80. The summed E-state index contributed by atoms with van der Waals surface area (Å²) in [4.78, 5) is 14.3. The average molecular weight is 280 g/mol. The maximum absolute atomic E-state index is 12.5. The number of halogens is 1. The van der Waals surface area contributed by atoms with Crippen molar-refractivity contribution < 1.29 is 9.53 Å². The van der Waals surface area contributed by atoms with E-state index in [1.807, 2.05) is 24.4 Å². The lowest BCUT2D eigenvalue weighted by molar-refractivity contribution is -0.0107. The highest BCUT2D eigenvalue weighted by atomic mass is 35.5. The Kier molecular flexibility index (Phi) is 3.40. The van der Waals surface area contributed by atoms with Gasteiger partial charge in [-0.05, 0) is 12.1 Å². The minimum Gasteiger partial charge on any atom is -0.373 e. The Morgan fingerprint density at radius 2 is 2.42 bits per heavy atom. The number of alkyl halides is 1. The zero-order chi connectivity index (χ0) is 13.2. The molecule has 5 nitrogen and oxygen atoms in total. The SMILES string of the molecule is O=C(c1cnn2ccccc12)N1CCOC(CCl)C1. The van der Waals surface area contributed by atoms with Crippen LogP contribution in [-0.2, 0) is 4.74 Å². The smallest absolute Gasteiger partial charge is 0.257 e. The fraction of sp³-hybridized carbons (Fsp3) is 0.385. The van der Waals surface area contributed by atoms with Crippen molar-refractivity contribution in [2.24, 2.45) is 0 Å². The molecule has 1 amide bonds. The molecule has 0 aliphatic carbocycles. The number of aromatic nitrogens is 2. The lowest BCUT2D eigenvalue weighted by Crippen LogP contribution is -2.46. The molecule has 100 valence electrons. The van der Waals surface area contributed by atoms with E-state index < -0.39 is 0 Å². The molecule has 2 aromatic rings. The molecule has 0 saturated carbocycles. The quantitative estimate of drug-likeness (QED) is 0.781. The van der Waals surface area contributed by atoms with E-state index in [4.69, 9.17) is 16.3 Å². The van der Waals surface area contributed by atoms with E-state index in [1.54, 1.807) is 15.6 Å². The topological polar surface area (TPSA) is 46.8 Å². The zero-order valence-electron chi connectivity index (χ0n) is 10.3. The first-order valence-corrected chi connectivity index (χ1v) is 6.72. The number of ether oxygens (including phenoxy) is 1. The number of hydrogen-bond donors (Lipinski definition) is 0. The summed E-state index contributed by atoms with van der Waals surface area (Å²) in [5.41, 5.74) is 1.44. The molecule has 1 aliphatic heterocycles. The predicted octanol–water partition coefficient (Wildman–Crippen LogP) is 1.41. The van der Waals surface area contributed by atoms with Gasteiger partial charge in [0.2, 0.25) is 0 Å². The minimum absolute atomic E-state index is 0.0142. The van der Waals surface area contributed by atoms with Crippen molar-refractivity contribution in [1.82, 2.24) is 14.5 Å². The summed E-state index contributed by atoms with van der Waals surface area (Å²) >= 11 is 5.79. The number of amides is 1. The number of fused-ring (bicyclic) bond motifs is 1. The Hall–Kier alpha value is -1.59. The fourth-order valence-corrected chi connectivity index (χ4v) is 2.45. The molecule has 2 aromatic heterocycles. The largest absolute Gasteiger partial charge is 0.373 e. The van der Waals surface area contributed by atoms with E-state index >= 15 is 0 Å². The van der Waals surface area contributed by atoms with Gasteiger partial charge in [-0.3, -0.25) is 4.79 Å². The Labute approximate surface area is 115 Å². The number of pyridine rings is 1. The van der Waals surface area contributed by atoms with Crippen LogP contribution in [0, 0.1) is 0 Å². The van der Waals surface area contributed by atoms with E-state index in [0.29, 0.717) is 31.1 Å². The Morgan fingerprint density at radius 3 is 3.26 bits per heavy atom. The van der Waals surface area contributed by atoms with Gasteiger partial charge in [-0.15, -0.1) is 11.6 Å². The van der Waals surface area contributed by atoms with Gasteiger partial charge in [0.25, 0.3) is 5.91 Å².